The second kappa shape index (κ2) is 11.7. The molecule has 184 valence electrons. The molecule has 0 saturated carbocycles. The summed E-state index contributed by atoms with van der Waals surface area (Å²) < 4.78 is 33.1. The third kappa shape index (κ3) is 6.43. The smallest absolute Gasteiger partial charge is 0.309 e. The second-order valence-electron chi connectivity index (χ2n) is 7.83. The van der Waals surface area contributed by atoms with Gasteiger partial charge in [0.1, 0.15) is 0 Å². The van der Waals surface area contributed by atoms with Gasteiger partial charge in [0.15, 0.2) is 0 Å². The van der Waals surface area contributed by atoms with Crippen molar-refractivity contribution in [2.45, 2.75) is 31.2 Å². The number of nitrogens with zero attached hydrogens (tertiary/aromatic N) is 2. The molecule has 34 heavy (non-hydrogen) atoms. The second-order valence-corrected chi connectivity index (χ2v) is 11.0. The number of benzene rings is 2. The van der Waals surface area contributed by atoms with Gasteiger partial charge in [-0.25, -0.2) is 8.42 Å². The molecule has 0 aromatic heterocycles. The minimum absolute atomic E-state index is 0.00565. The lowest BCUT2D eigenvalue weighted by Crippen LogP contribution is -2.46. The van der Waals surface area contributed by atoms with Gasteiger partial charge in [0, 0.05) is 40.3 Å². The van der Waals surface area contributed by atoms with Crippen LogP contribution in [0.3, 0.4) is 0 Å². The Morgan fingerprint density at radius 3 is 2.18 bits per heavy atom. The van der Waals surface area contributed by atoms with Crippen molar-refractivity contribution >= 4 is 56.7 Å². The Hall–Kier alpha value is -1.84. The summed E-state index contributed by atoms with van der Waals surface area (Å²) in [6.07, 6.45) is 0.926. The molecule has 0 N–H and O–H groups in total. The lowest BCUT2D eigenvalue weighted by Gasteiger charge is -2.32. The van der Waals surface area contributed by atoms with Gasteiger partial charge in [-0.15, -0.1) is 0 Å². The highest BCUT2D eigenvalue weighted by molar-refractivity contribution is 7.89. The van der Waals surface area contributed by atoms with Crippen molar-refractivity contribution in [3.8, 4) is 0 Å². The SMILES string of the molecule is CCOC(=O)C1CCN(C(=O)CN(Cc2c(Cl)cccc2Cl)S(=O)(=O)c2ccc(Cl)cc2)CC1. The Balaban J connectivity index is 1.82. The Morgan fingerprint density at radius 1 is 1.03 bits per heavy atom. The molecule has 0 atom stereocenters. The van der Waals surface area contributed by atoms with Gasteiger partial charge >= 0.3 is 5.97 Å². The first kappa shape index (κ1) is 26.8. The number of ether oxygens (including phenoxy) is 1. The zero-order valence-corrected chi connectivity index (χ0v) is 21.6. The predicted octanol–water partition coefficient (Wildman–Crippen LogP) is 4.64. The topological polar surface area (TPSA) is 84.0 Å². The highest BCUT2D eigenvalue weighted by Crippen LogP contribution is 2.29. The molecule has 1 aliphatic rings. The molecule has 1 heterocycles. The molecular formula is C23H25Cl3N2O5S. The third-order valence-corrected chi connectivity index (χ3v) is 8.39. The molecule has 3 rings (SSSR count). The summed E-state index contributed by atoms with van der Waals surface area (Å²) in [6.45, 7) is 2.14. The van der Waals surface area contributed by atoms with E-state index >= 15 is 0 Å². The van der Waals surface area contributed by atoms with Crippen LogP contribution < -0.4 is 0 Å². The van der Waals surface area contributed by atoms with Crippen LogP contribution in [0.2, 0.25) is 15.1 Å². The number of hydrogen-bond donors (Lipinski definition) is 0. The molecular weight excluding hydrogens is 523 g/mol. The summed E-state index contributed by atoms with van der Waals surface area (Å²) >= 11 is 18.5. The van der Waals surface area contributed by atoms with Gasteiger partial charge in [-0.05, 0) is 56.2 Å². The number of piperidine rings is 1. The monoisotopic (exact) mass is 546 g/mol. The molecule has 7 nitrogen and oxygen atoms in total. The van der Waals surface area contributed by atoms with E-state index in [1.54, 1.807) is 30.0 Å². The number of sulfonamides is 1. The molecule has 1 fully saturated rings. The summed E-state index contributed by atoms with van der Waals surface area (Å²) in [7, 11) is -4.08. The van der Waals surface area contributed by atoms with Crippen molar-refractivity contribution in [2.75, 3.05) is 26.2 Å². The normalized spacial score (nSPS) is 14.9. The summed E-state index contributed by atoms with van der Waals surface area (Å²) in [5.74, 6) is -0.905. The molecule has 1 saturated heterocycles. The molecule has 0 unspecified atom stereocenters. The van der Waals surface area contributed by atoms with Crippen LogP contribution in [-0.2, 0) is 30.9 Å². The van der Waals surface area contributed by atoms with E-state index in [1.165, 1.54) is 24.3 Å². The Labute approximate surface area is 214 Å². The Kier molecular flexibility index (Phi) is 9.23. The fraction of sp³-hybridized carbons (Fsp3) is 0.391. The van der Waals surface area contributed by atoms with Crippen LogP contribution in [-0.4, -0.2) is 55.7 Å². The number of esters is 1. The molecule has 0 spiro atoms. The zero-order valence-electron chi connectivity index (χ0n) is 18.5. The Morgan fingerprint density at radius 2 is 1.62 bits per heavy atom. The first-order valence-corrected chi connectivity index (χ1v) is 13.3. The molecule has 0 aliphatic carbocycles. The maximum Gasteiger partial charge on any atom is 0.309 e. The molecule has 0 radical (unpaired) electrons. The van der Waals surface area contributed by atoms with Gasteiger partial charge in [0.05, 0.1) is 24.0 Å². The fourth-order valence-corrected chi connectivity index (χ4v) is 5.72. The van der Waals surface area contributed by atoms with E-state index in [0.717, 1.165) is 4.31 Å². The standard InChI is InChI=1S/C23H25Cl3N2O5S/c1-2-33-23(30)16-10-12-27(13-11-16)22(29)15-28(14-19-20(25)4-3-5-21(19)26)34(31,32)18-8-6-17(24)7-9-18/h3-9,16H,2,10-15H2,1H3. The van der Waals surface area contributed by atoms with Crippen LogP contribution in [0.5, 0.6) is 0 Å². The van der Waals surface area contributed by atoms with Crippen molar-refractivity contribution in [1.29, 1.82) is 0 Å². The quantitative estimate of drug-likeness (QED) is 0.450. The average molecular weight is 548 g/mol. The van der Waals surface area contributed by atoms with Crippen molar-refractivity contribution in [3.63, 3.8) is 0 Å². The average Bonchev–Trinajstić information content (AvgIpc) is 2.81. The molecule has 1 amide bonds. The minimum atomic E-state index is -4.08. The highest BCUT2D eigenvalue weighted by Gasteiger charge is 2.33. The van der Waals surface area contributed by atoms with E-state index in [1.807, 2.05) is 0 Å². The van der Waals surface area contributed by atoms with Gasteiger partial charge in [0.25, 0.3) is 0 Å². The number of hydrogen-bond acceptors (Lipinski definition) is 5. The van der Waals surface area contributed by atoms with Crippen molar-refractivity contribution < 1.29 is 22.7 Å². The maximum atomic E-state index is 13.5. The predicted molar refractivity (Wildman–Crippen MR) is 131 cm³/mol. The van der Waals surface area contributed by atoms with E-state index < -0.39 is 16.6 Å². The zero-order chi connectivity index (χ0) is 24.9. The number of carbonyl (C=O) groups is 2. The van der Waals surface area contributed by atoms with Crippen LogP contribution in [0.1, 0.15) is 25.3 Å². The van der Waals surface area contributed by atoms with Gasteiger partial charge in [-0.3, -0.25) is 9.59 Å². The van der Waals surface area contributed by atoms with Gasteiger partial charge in [-0.2, -0.15) is 4.31 Å². The largest absolute Gasteiger partial charge is 0.466 e. The molecule has 11 heteroatoms. The van der Waals surface area contributed by atoms with Crippen molar-refractivity contribution in [3.05, 3.63) is 63.1 Å². The fourth-order valence-electron chi connectivity index (χ4n) is 3.72. The minimum Gasteiger partial charge on any atom is -0.466 e. The summed E-state index contributed by atoms with van der Waals surface area (Å²) in [4.78, 5) is 26.7. The van der Waals surface area contributed by atoms with Crippen molar-refractivity contribution in [1.82, 2.24) is 9.21 Å². The number of rotatable bonds is 8. The van der Waals surface area contributed by atoms with E-state index in [0.29, 0.717) is 53.2 Å². The van der Waals surface area contributed by atoms with Crippen LogP contribution in [0.15, 0.2) is 47.4 Å². The molecule has 2 aromatic carbocycles. The number of carbonyl (C=O) groups excluding carboxylic acids is 2. The number of halogens is 3. The summed E-state index contributed by atoms with van der Waals surface area (Å²) in [5, 5.41) is 0.984. The van der Waals surface area contributed by atoms with Gasteiger partial charge in [0.2, 0.25) is 15.9 Å². The summed E-state index contributed by atoms with van der Waals surface area (Å²) in [5.41, 5.74) is 0.400. The Bertz CT molecular complexity index is 1110. The van der Waals surface area contributed by atoms with Crippen LogP contribution in [0, 0.1) is 5.92 Å². The lowest BCUT2D eigenvalue weighted by molar-refractivity contribution is -0.151. The van der Waals surface area contributed by atoms with Crippen LogP contribution in [0.25, 0.3) is 0 Å². The molecule has 1 aliphatic heterocycles. The highest BCUT2D eigenvalue weighted by atomic mass is 35.5. The number of likely N-dealkylation sites (tertiary alicyclic amines) is 1. The number of amides is 1. The lowest BCUT2D eigenvalue weighted by atomic mass is 9.97. The summed E-state index contributed by atoms with van der Waals surface area (Å²) in [6, 6.07) is 10.6. The maximum absolute atomic E-state index is 13.5. The third-order valence-electron chi connectivity index (χ3n) is 5.63. The van der Waals surface area contributed by atoms with Gasteiger partial charge in [-0.1, -0.05) is 40.9 Å². The van der Waals surface area contributed by atoms with Crippen LogP contribution >= 0.6 is 34.8 Å². The molecule has 0 bridgehead atoms. The van der Waals surface area contributed by atoms with Gasteiger partial charge < -0.3 is 9.64 Å². The van der Waals surface area contributed by atoms with E-state index in [-0.39, 0.29) is 29.2 Å². The molecule has 2 aromatic rings. The van der Waals surface area contributed by atoms with Crippen molar-refractivity contribution in [2.24, 2.45) is 5.92 Å². The first-order valence-electron chi connectivity index (χ1n) is 10.8. The first-order chi connectivity index (χ1) is 16.1. The van der Waals surface area contributed by atoms with E-state index in [2.05, 4.69) is 0 Å². The van der Waals surface area contributed by atoms with E-state index in [4.69, 9.17) is 39.5 Å². The van der Waals surface area contributed by atoms with E-state index in [9.17, 15) is 18.0 Å². The van der Waals surface area contributed by atoms with Crippen LogP contribution in [0.4, 0.5) is 0 Å².